The van der Waals surface area contributed by atoms with Crippen LogP contribution in [0.15, 0.2) is 11.4 Å². The second-order valence-electron chi connectivity index (χ2n) is 4.73. The normalized spacial score (nSPS) is 10.6. The van der Waals surface area contributed by atoms with Crippen molar-refractivity contribution in [3.63, 3.8) is 0 Å². The number of nitrogens with zero attached hydrogens (tertiary/aromatic N) is 1. The number of carbonyl (C=O) groups is 1. The smallest absolute Gasteiger partial charge is 0.222 e. The van der Waals surface area contributed by atoms with Crippen LogP contribution in [0.4, 0.5) is 0 Å². The molecule has 0 saturated heterocycles. The highest BCUT2D eigenvalue weighted by atomic mass is 32.1. The summed E-state index contributed by atoms with van der Waals surface area (Å²) in [4.78, 5) is 15.0. The van der Waals surface area contributed by atoms with Gasteiger partial charge >= 0.3 is 0 Å². The van der Waals surface area contributed by atoms with Crippen LogP contribution in [-0.2, 0) is 11.3 Å². The lowest BCUT2D eigenvalue weighted by molar-refractivity contribution is -0.130. The minimum atomic E-state index is 0.246. The molecule has 0 unspecified atom stereocenters. The van der Waals surface area contributed by atoms with Crippen molar-refractivity contribution in [2.75, 3.05) is 13.6 Å². The van der Waals surface area contributed by atoms with E-state index < -0.39 is 0 Å². The van der Waals surface area contributed by atoms with Gasteiger partial charge in [-0.25, -0.2) is 0 Å². The van der Waals surface area contributed by atoms with Gasteiger partial charge in [-0.2, -0.15) is 0 Å². The summed E-state index contributed by atoms with van der Waals surface area (Å²) in [5.41, 5.74) is 6.71. The van der Waals surface area contributed by atoms with Crippen LogP contribution < -0.4 is 5.73 Å². The maximum Gasteiger partial charge on any atom is 0.222 e. The van der Waals surface area contributed by atoms with Gasteiger partial charge in [-0.1, -0.05) is 12.8 Å². The van der Waals surface area contributed by atoms with Crippen molar-refractivity contribution in [3.8, 4) is 0 Å². The van der Waals surface area contributed by atoms with Crippen molar-refractivity contribution >= 4 is 17.2 Å². The van der Waals surface area contributed by atoms with Crippen LogP contribution in [0.3, 0.4) is 0 Å². The van der Waals surface area contributed by atoms with Gasteiger partial charge in [0.15, 0.2) is 0 Å². The molecule has 0 aliphatic carbocycles. The summed E-state index contributed by atoms with van der Waals surface area (Å²) in [6, 6.07) is 2.10. The molecule has 2 N–H and O–H groups in total. The molecule has 0 aliphatic heterocycles. The zero-order valence-corrected chi connectivity index (χ0v) is 12.3. The molecule has 1 amide bonds. The molecule has 0 fully saturated rings. The number of hydrogen-bond acceptors (Lipinski definition) is 3. The Kier molecular flexibility index (Phi) is 6.98. The molecule has 3 nitrogen and oxygen atoms in total. The number of amides is 1. The van der Waals surface area contributed by atoms with Gasteiger partial charge in [0.25, 0.3) is 0 Å². The molecular formula is C14H24N2OS. The van der Waals surface area contributed by atoms with E-state index in [9.17, 15) is 4.79 Å². The summed E-state index contributed by atoms with van der Waals surface area (Å²) in [5, 5.41) is 2.08. The number of rotatable bonds is 8. The summed E-state index contributed by atoms with van der Waals surface area (Å²) < 4.78 is 0. The Bertz CT molecular complexity index is 362. The van der Waals surface area contributed by atoms with Gasteiger partial charge in [-0.15, -0.1) is 11.3 Å². The lowest BCUT2D eigenvalue weighted by Gasteiger charge is -2.16. The Labute approximate surface area is 114 Å². The number of thiophene rings is 1. The van der Waals surface area contributed by atoms with E-state index in [1.807, 2.05) is 11.9 Å². The number of unbranched alkanes of at least 4 members (excludes halogenated alkanes) is 3. The Morgan fingerprint density at radius 3 is 2.67 bits per heavy atom. The number of carbonyl (C=O) groups excluding carboxylic acids is 1. The largest absolute Gasteiger partial charge is 0.341 e. The molecule has 0 bridgehead atoms. The van der Waals surface area contributed by atoms with Crippen LogP contribution >= 0.6 is 11.3 Å². The number of aryl methyl sites for hydroxylation is 1. The van der Waals surface area contributed by atoms with Crippen molar-refractivity contribution in [2.45, 2.75) is 45.6 Å². The maximum atomic E-state index is 11.9. The predicted molar refractivity (Wildman–Crippen MR) is 77.7 cm³/mol. The molecule has 18 heavy (non-hydrogen) atoms. The Balaban J connectivity index is 2.23. The van der Waals surface area contributed by atoms with Gasteiger partial charge in [0, 0.05) is 18.3 Å². The summed E-state index contributed by atoms with van der Waals surface area (Å²) in [6.07, 6.45) is 4.95. The first kappa shape index (κ1) is 15.2. The molecule has 1 aromatic heterocycles. The van der Waals surface area contributed by atoms with E-state index in [2.05, 4.69) is 18.4 Å². The Hall–Kier alpha value is -0.870. The number of nitrogens with two attached hydrogens (primary N) is 1. The monoisotopic (exact) mass is 268 g/mol. The third-order valence-corrected chi connectivity index (χ3v) is 4.13. The van der Waals surface area contributed by atoms with Gasteiger partial charge in [-0.05, 0) is 43.3 Å². The highest BCUT2D eigenvalue weighted by molar-refractivity contribution is 7.10. The third-order valence-electron chi connectivity index (χ3n) is 3.12. The first-order valence-corrected chi connectivity index (χ1v) is 7.50. The van der Waals surface area contributed by atoms with Crippen molar-refractivity contribution in [1.82, 2.24) is 4.90 Å². The van der Waals surface area contributed by atoms with E-state index in [1.165, 1.54) is 10.4 Å². The quantitative estimate of drug-likeness (QED) is 0.737. The van der Waals surface area contributed by atoms with Crippen LogP contribution in [0.1, 0.15) is 42.5 Å². The van der Waals surface area contributed by atoms with E-state index in [0.29, 0.717) is 6.42 Å². The molecule has 102 valence electrons. The molecule has 1 heterocycles. The fourth-order valence-corrected chi connectivity index (χ4v) is 2.79. The van der Waals surface area contributed by atoms with Crippen LogP contribution in [-0.4, -0.2) is 24.4 Å². The fraction of sp³-hybridized carbons (Fsp3) is 0.643. The van der Waals surface area contributed by atoms with Gasteiger partial charge in [0.1, 0.15) is 0 Å². The highest BCUT2D eigenvalue weighted by Crippen LogP contribution is 2.17. The first-order chi connectivity index (χ1) is 8.65. The average Bonchev–Trinajstić information content (AvgIpc) is 2.74. The van der Waals surface area contributed by atoms with E-state index >= 15 is 0 Å². The minimum Gasteiger partial charge on any atom is -0.341 e. The third kappa shape index (κ3) is 5.19. The van der Waals surface area contributed by atoms with E-state index in [-0.39, 0.29) is 5.91 Å². The average molecular weight is 268 g/mol. The van der Waals surface area contributed by atoms with Crippen LogP contribution in [0, 0.1) is 6.92 Å². The minimum absolute atomic E-state index is 0.246. The van der Waals surface area contributed by atoms with Crippen LogP contribution in [0.25, 0.3) is 0 Å². The molecule has 0 radical (unpaired) electrons. The van der Waals surface area contributed by atoms with Crippen molar-refractivity contribution in [2.24, 2.45) is 5.73 Å². The first-order valence-electron chi connectivity index (χ1n) is 6.62. The van der Waals surface area contributed by atoms with E-state index in [4.69, 9.17) is 5.73 Å². The van der Waals surface area contributed by atoms with Crippen molar-refractivity contribution < 1.29 is 4.79 Å². The Morgan fingerprint density at radius 2 is 2.06 bits per heavy atom. The molecule has 1 rings (SSSR count). The topological polar surface area (TPSA) is 46.3 Å². The van der Waals surface area contributed by atoms with E-state index in [0.717, 1.165) is 38.8 Å². The molecule has 0 atom stereocenters. The van der Waals surface area contributed by atoms with Gasteiger partial charge in [-0.3, -0.25) is 4.79 Å². The van der Waals surface area contributed by atoms with Gasteiger partial charge in [0.2, 0.25) is 5.91 Å². The predicted octanol–water partition coefficient (Wildman–Crippen LogP) is 2.92. The standard InChI is InChI=1S/C14H24N2OS/c1-12-8-10-18-13(12)11-16(2)14(17)7-5-3-4-6-9-15/h8,10H,3-7,9,11,15H2,1-2H3. The highest BCUT2D eigenvalue weighted by Gasteiger charge is 2.10. The second-order valence-corrected chi connectivity index (χ2v) is 5.73. The number of hydrogen-bond donors (Lipinski definition) is 1. The van der Waals surface area contributed by atoms with Crippen molar-refractivity contribution in [1.29, 1.82) is 0 Å². The van der Waals surface area contributed by atoms with Gasteiger partial charge < -0.3 is 10.6 Å². The SMILES string of the molecule is Cc1ccsc1CN(C)C(=O)CCCCCCN. The molecule has 0 saturated carbocycles. The molecule has 0 aromatic carbocycles. The summed E-state index contributed by atoms with van der Waals surface area (Å²) in [6.45, 7) is 3.59. The van der Waals surface area contributed by atoms with Crippen molar-refractivity contribution in [3.05, 3.63) is 21.9 Å². The molecule has 0 spiro atoms. The zero-order valence-electron chi connectivity index (χ0n) is 11.4. The lowest BCUT2D eigenvalue weighted by Crippen LogP contribution is -2.25. The lowest BCUT2D eigenvalue weighted by atomic mass is 10.1. The van der Waals surface area contributed by atoms with Crippen LogP contribution in [0.5, 0.6) is 0 Å². The zero-order chi connectivity index (χ0) is 13.4. The van der Waals surface area contributed by atoms with Crippen LogP contribution in [0.2, 0.25) is 0 Å². The molecule has 4 heteroatoms. The molecule has 1 aromatic rings. The molecular weight excluding hydrogens is 244 g/mol. The summed E-state index contributed by atoms with van der Waals surface area (Å²) in [5.74, 6) is 0.246. The maximum absolute atomic E-state index is 11.9. The summed E-state index contributed by atoms with van der Waals surface area (Å²) in [7, 11) is 1.89. The van der Waals surface area contributed by atoms with Gasteiger partial charge in [0.05, 0.1) is 6.54 Å². The van der Waals surface area contributed by atoms with E-state index in [1.54, 1.807) is 11.3 Å². The fourth-order valence-electron chi connectivity index (χ4n) is 1.83. The second kappa shape index (κ2) is 8.27. The summed E-state index contributed by atoms with van der Waals surface area (Å²) >= 11 is 1.72. The Morgan fingerprint density at radius 1 is 1.33 bits per heavy atom. The molecule has 0 aliphatic rings.